The standard InChI is InChI=1S/C13H17N2/c1-13-9-5-6-11(13)10-15(14-13)12-7-3-2-4-8-12/h2-4,7-8,11H,5-6,9-10H2,1H3/q+1. The second-order valence-electron chi connectivity index (χ2n) is 4.96. The monoisotopic (exact) mass is 201 g/mol. The molecule has 1 aromatic carbocycles. The van der Waals surface area contributed by atoms with Gasteiger partial charge in [-0.15, -0.1) is 0 Å². The van der Waals surface area contributed by atoms with Crippen molar-refractivity contribution in [1.29, 1.82) is 0 Å². The van der Waals surface area contributed by atoms with Gasteiger partial charge in [0.1, 0.15) is 5.54 Å². The molecule has 0 amide bonds. The van der Waals surface area contributed by atoms with Crippen LogP contribution in [0.2, 0.25) is 0 Å². The van der Waals surface area contributed by atoms with Gasteiger partial charge < -0.3 is 0 Å². The van der Waals surface area contributed by atoms with Crippen LogP contribution in [0.15, 0.2) is 35.4 Å². The molecule has 1 fully saturated rings. The van der Waals surface area contributed by atoms with Crippen molar-refractivity contribution in [3.05, 3.63) is 30.3 Å². The minimum Gasteiger partial charge on any atom is -0.0881 e. The first kappa shape index (κ1) is 9.08. The van der Waals surface area contributed by atoms with Gasteiger partial charge in [-0.1, -0.05) is 29.3 Å². The van der Waals surface area contributed by atoms with Gasteiger partial charge in [-0.05, 0) is 24.9 Å². The molecule has 15 heavy (non-hydrogen) atoms. The second-order valence-corrected chi connectivity index (χ2v) is 4.96. The molecule has 0 aromatic heterocycles. The molecule has 0 saturated heterocycles. The van der Waals surface area contributed by atoms with E-state index in [9.17, 15) is 0 Å². The molecule has 1 aromatic rings. The van der Waals surface area contributed by atoms with E-state index in [-0.39, 0.29) is 5.54 Å². The molecule has 1 aliphatic carbocycles. The van der Waals surface area contributed by atoms with Crippen LogP contribution < -0.4 is 0 Å². The fraction of sp³-hybridized carbons (Fsp3) is 0.538. The van der Waals surface area contributed by atoms with Gasteiger partial charge in [0.05, 0.1) is 5.92 Å². The fourth-order valence-corrected chi connectivity index (χ4v) is 2.93. The van der Waals surface area contributed by atoms with E-state index in [1.54, 1.807) is 0 Å². The third-order valence-electron chi connectivity index (χ3n) is 3.91. The van der Waals surface area contributed by atoms with Crippen LogP contribution in [-0.4, -0.2) is 16.8 Å². The zero-order chi connectivity index (χ0) is 10.3. The average molecular weight is 201 g/mol. The zero-order valence-electron chi connectivity index (χ0n) is 9.19. The van der Waals surface area contributed by atoms with E-state index in [4.69, 9.17) is 5.11 Å². The molecular formula is C13H17N2+. The minimum absolute atomic E-state index is 0.232. The average Bonchev–Trinajstić information content (AvgIpc) is 2.74. The van der Waals surface area contributed by atoms with Crippen LogP contribution >= 0.6 is 0 Å². The van der Waals surface area contributed by atoms with Gasteiger partial charge in [-0.3, -0.25) is 0 Å². The number of nitrogens with zero attached hydrogens (tertiary/aromatic N) is 2. The highest BCUT2D eigenvalue weighted by molar-refractivity contribution is 5.28. The molecule has 78 valence electrons. The van der Waals surface area contributed by atoms with Crippen molar-refractivity contribution in [3.63, 3.8) is 0 Å². The first-order chi connectivity index (χ1) is 7.28. The van der Waals surface area contributed by atoms with Crippen molar-refractivity contribution in [2.75, 3.05) is 6.54 Å². The summed E-state index contributed by atoms with van der Waals surface area (Å²) in [5.41, 5.74) is 1.48. The zero-order valence-corrected chi connectivity index (χ0v) is 9.19. The lowest BCUT2D eigenvalue weighted by molar-refractivity contribution is -0.503. The number of fused-ring (bicyclic) bond motifs is 1. The molecule has 2 unspecified atom stereocenters. The minimum atomic E-state index is 0.232. The van der Waals surface area contributed by atoms with Crippen LogP contribution in [0.4, 0.5) is 5.69 Å². The summed E-state index contributed by atoms with van der Waals surface area (Å²) in [7, 11) is 0. The highest BCUT2D eigenvalue weighted by atomic mass is 15.3. The van der Waals surface area contributed by atoms with Crippen molar-refractivity contribution in [3.8, 4) is 0 Å². The van der Waals surface area contributed by atoms with Crippen molar-refractivity contribution in [2.24, 2.45) is 11.0 Å². The SMILES string of the molecule is CC12CCCC1C[N+](c1ccccc1)=N2. The molecule has 0 radical (unpaired) electrons. The predicted octanol–water partition coefficient (Wildman–Crippen LogP) is 3.36. The van der Waals surface area contributed by atoms with Gasteiger partial charge >= 0.3 is 0 Å². The number of azo groups is 2. The van der Waals surface area contributed by atoms with E-state index in [0.717, 1.165) is 12.5 Å². The summed E-state index contributed by atoms with van der Waals surface area (Å²) in [5, 5.41) is 4.89. The molecule has 2 nitrogen and oxygen atoms in total. The Kier molecular flexibility index (Phi) is 1.91. The molecule has 3 rings (SSSR count). The fourth-order valence-electron chi connectivity index (χ4n) is 2.93. The van der Waals surface area contributed by atoms with Gasteiger partial charge in [0.25, 0.3) is 0 Å². The van der Waals surface area contributed by atoms with Crippen LogP contribution in [0.25, 0.3) is 0 Å². The Hall–Kier alpha value is -1.18. The van der Waals surface area contributed by atoms with Crippen LogP contribution in [0, 0.1) is 5.92 Å². The van der Waals surface area contributed by atoms with Crippen molar-refractivity contribution < 1.29 is 4.70 Å². The van der Waals surface area contributed by atoms with Crippen LogP contribution in [0.1, 0.15) is 26.2 Å². The smallest absolute Gasteiger partial charge is 0.0881 e. The van der Waals surface area contributed by atoms with Gasteiger partial charge in [-0.2, -0.15) is 0 Å². The molecule has 1 aliphatic heterocycles. The maximum Gasteiger partial charge on any atom is 0.231 e. The number of benzene rings is 1. The Morgan fingerprint density at radius 1 is 1.33 bits per heavy atom. The summed E-state index contributed by atoms with van der Waals surface area (Å²) in [6.45, 7) is 3.42. The highest BCUT2D eigenvalue weighted by Crippen LogP contribution is 2.43. The summed E-state index contributed by atoms with van der Waals surface area (Å²) in [5.74, 6) is 0.776. The molecular weight excluding hydrogens is 184 g/mol. The first-order valence-corrected chi connectivity index (χ1v) is 5.83. The van der Waals surface area contributed by atoms with Crippen LogP contribution in [-0.2, 0) is 0 Å². The maximum atomic E-state index is 4.89. The predicted molar refractivity (Wildman–Crippen MR) is 59.4 cm³/mol. The maximum absolute atomic E-state index is 4.89. The third-order valence-corrected chi connectivity index (χ3v) is 3.91. The summed E-state index contributed by atoms with van der Waals surface area (Å²) in [4.78, 5) is 0. The second kappa shape index (κ2) is 3.16. The van der Waals surface area contributed by atoms with E-state index in [1.807, 2.05) is 0 Å². The van der Waals surface area contributed by atoms with Gasteiger partial charge in [-0.25, -0.2) is 0 Å². The Morgan fingerprint density at radius 3 is 2.87 bits per heavy atom. The Balaban J connectivity index is 1.95. The molecule has 2 heteroatoms. The lowest BCUT2D eigenvalue weighted by Crippen LogP contribution is -2.23. The summed E-state index contributed by atoms with van der Waals surface area (Å²) < 4.78 is 2.20. The summed E-state index contributed by atoms with van der Waals surface area (Å²) >= 11 is 0. The quantitative estimate of drug-likeness (QED) is 0.619. The number of hydrogen-bond acceptors (Lipinski definition) is 1. The molecule has 0 N–H and O–H groups in total. The van der Waals surface area contributed by atoms with E-state index >= 15 is 0 Å². The van der Waals surface area contributed by atoms with E-state index in [1.165, 1.54) is 24.9 Å². The number of hydrogen-bond donors (Lipinski definition) is 0. The van der Waals surface area contributed by atoms with E-state index < -0.39 is 0 Å². The van der Waals surface area contributed by atoms with Gasteiger partial charge in [0.15, 0.2) is 6.54 Å². The van der Waals surface area contributed by atoms with Crippen molar-refractivity contribution >= 4 is 5.69 Å². The van der Waals surface area contributed by atoms with Crippen LogP contribution in [0.5, 0.6) is 0 Å². The normalized spacial score (nSPS) is 33.9. The molecule has 2 aliphatic rings. The number of para-hydroxylation sites is 1. The molecule has 1 heterocycles. The molecule has 2 atom stereocenters. The van der Waals surface area contributed by atoms with Gasteiger partial charge in [0.2, 0.25) is 5.69 Å². The van der Waals surface area contributed by atoms with Crippen molar-refractivity contribution in [1.82, 2.24) is 0 Å². The number of rotatable bonds is 1. The van der Waals surface area contributed by atoms with Gasteiger partial charge in [0, 0.05) is 12.1 Å². The van der Waals surface area contributed by atoms with Crippen molar-refractivity contribution in [2.45, 2.75) is 31.7 Å². The van der Waals surface area contributed by atoms with E-state index in [2.05, 4.69) is 42.0 Å². The summed E-state index contributed by atoms with van der Waals surface area (Å²) in [6, 6.07) is 10.5. The lowest BCUT2D eigenvalue weighted by atomic mass is 9.91. The van der Waals surface area contributed by atoms with Crippen LogP contribution in [0.3, 0.4) is 0 Å². The third kappa shape index (κ3) is 1.39. The molecule has 1 saturated carbocycles. The lowest BCUT2D eigenvalue weighted by Gasteiger charge is -2.12. The Bertz CT molecular complexity index is 396. The Labute approximate surface area is 90.6 Å². The molecule has 0 bridgehead atoms. The molecule has 0 spiro atoms. The first-order valence-electron chi connectivity index (χ1n) is 5.83. The Morgan fingerprint density at radius 2 is 2.13 bits per heavy atom. The topological polar surface area (TPSA) is 15.4 Å². The largest absolute Gasteiger partial charge is 0.231 e. The highest BCUT2D eigenvalue weighted by Gasteiger charge is 2.49. The summed E-state index contributed by atoms with van der Waals surface area (Å²) in [6.07, 6.45) is 3.97. The van der Waals surface area contributed by atoms with E-state index in [0.29, 0.717) is 0 Å².